The molecule has 1 aliphatic heterocycles. The monoisotopic (exact) mass is 527 g/mol. The van der Waals surface area contributed by atoms with E-state index in [0.29, 0.717) is 23.0 Å². The highest BCUT2D eigenvalue weighted by molar-refractivity contribution is 7.99. The van der Waals surface area contributed by atoms with Crippen molar-refractivity contribution in [1.82, 2.24) is 20.2 Å². The summed E-state index contributed by atoms with van der Waals surface area (Å²) in [5, 5.41) is 24.4. The smallest absolute Gasteiger partial charge is 0.303 e. The molecule has 37 heavy (non-hydrogen) atoms. The summed E-state index contributed by atoms with van der Waals surface area (Å²) in [6.45, 7) is 2.73. The van der Waals surface area contributed by atoms with Crippen molar-refractivity contribution in [2.24, 2.45) is 7.05 Å². The lowest BCUT2D eigenvalue weighted by atomic mass is 10.0. The number of hydrogen-bond donors (Lipinski definition) is 2. The summed E-state index contributed by atoms with van der Waals surface area (Å²) in [6, 6.07) is 14.8. The van der Waals surface area contributed by atoms with Crippen molar-refractivity contribution in [3.63, 3.8) is 0 Å². The Labute approximate surface area is 218 Å². The molecule has 0 radical (unpaired) electrons. The fraction of sp³-hybridized carbons (Fsp3) is 0.400. The molecule has 12 heteroatoms. The molecule has 2 heterocycles. The first kappa shape index (κ1) is 26.7. The molecule has 3 aromatic rings. The van der Waals surface area contributed by atoms with Gasteiger partial charge in [-0.3, -0.25) is 9.59 Å². The van der Waals surface area contributed by atoms with Gasteiger partial charge in [0.05, 0.1) is 18.8 Å². The van der Waals surface area contributed by atoms with Gasteiger partial charge in [-0.1, -0.05) is 48.2 Å². The van der Waals surface area contributed by atoms with Crippen LogP contribution >= 0.6 is 11.8 Å². The topological polar surface area (TPSA) is 138 Å². The number of rotatable bonds is 9. The van der Waals surface area contributed by atoms with Crippen LogP contribution < -0.4 is 5.32 Å². The molecule has 196 valence electrons. The van der Waals surface area contributed by atoms with E-state index in [9.17, 15) is 14.7 Å². The number of nitrogens with zero attached hydrogens (tertiary/aromatic N) is 4. The summed E-state index contributed by atoms with van der Waals surface area (Å²) in [5.74, 6) is -0.360. The number of hydrogen-bond acceptors (Lipinski definition) is 10. The van der Waals surface area contributed by atoms with Crippen LogP contribution in [-0.2, 0) is 37.5 Å². The number of ether oxygens (including phenoxy) is 3. The fourth-order valence-corrected chi connectivity index (χ4v) is 4.71. The maximum absolute atomic E-state index is 12.4. The van der Waals surface area contributed by atoms with Crippen LogP contribution in [0.3, 0.4) is 0 Å². The highest BCUT2D eigenvalue weighted by atomic mass is 32.2. The van der Waals surface area contributed by atoms with Gasteiger partial charge in [0.25, 0.3) is 5.91 Å². The number of thioether (sulfide) groups is 1. The lowest BCUT2D eigenvalue weighted by Crippen LogP contribution is -2.31. The second kappa shape index (κ2) is 12.3. The lowest BCUT2D eigenvalue weighted by Gasteiger charge is -2.36. The normalized spacial score (nSPS) is 20.3. The molecular weight excluding hydrogens is 498 g/mol. The van der Waals surface area contributed by atoms with Crippen molar-refractivity contribution in [3.05, 3.63) is 65.2 Å². The number of anilines is 1. The molecule has 1 fully saturated rings. The largest absolute Gasteiger partial charge is 0.453 e. The number of nitrogens with one attached hydrogen (secondary N) is 1. The zero-order valence-electron chi connectivity index (χ0n) is 20.7. The number of aliphatic hydroxyl groups excluding tert-OH is 1. The van der Waals surface area contributed by atoms with E-state index in [1.165, 1.54) is 25.6 Å². The van der Waals surface area contributed by atoms with E-state index in [0.717, 1.165) is 16.7 Å². The molecule has 4 atom stereocenters. The SMILES string of the molecule is CC(=O)O[C@@H](C)C(=O)Nc1cccc(C2O[C@H](CSc3nnnn3C)C[C@H](c3ccc(CO)cc3)O2)c1. The Kier molecular flexibility index (Phi) is 8.87. The first-order valence-electron chi connectivity index (χ1n) is 11.8. The first-order chi connectivity index (χ1) is 17.8. The van der Waals surface area contributed by atoms with E-state index in [1.54, 1.807) is 29.9 Å². The number of carbonyl (C=O) groups is 2. The van der Waals surface area contributed by atoms with Crippen LogP contribution in [0.25, 0.3) is 0 Å². The summed E-state index contributed by atoms with van der Waals surface area (Å²) in [7, 11) is 1.78. The number of tetrazole rings is 1. The molecule has 1 amide bonds. The Bertz CT molecular complexity index is 1220. The number of aromatic nitrogens is 4. The summed E-state index contributed by atoms with van der Waals surface area (Å²) in [4.78, 5) is 23.6. The summed E-state index contributed by atoms with van der Waals surface area (Å²) < 4.78 is 19.2. The molecule has 2 aromatic carbocycles. The van der Waals surface area contributed by atoms with Crippen molar-refractivity contribution in [1.29, 1.82) is 0 Å². The number of benzene rings is 2. The van der Waals surface area contributed by atoms with Crippen molar-refractivity contribution in [2.75, 3.05) is 11.1 Å². The molecule has 0 spiro atoms. The maximum atomic E-state index is 12.4. The van der Waals surface area contributed by atoms with Gasteiger partial charge in [0.1, 0.15) is 0 Å². The van der Waals surface area contributed by atoms with Crippen molar-refractivity contribution in [2.45, 2.75) is 56.6 Å². The average Bonchev–Trinajstić information content (AvgIpc) is 3.31. The van der Waals surface area contributed by atoms with Crippen molar-refractivity contribution < 1.29 is 28.9 Å². The second-order valence-electron chi connectivity index (χ2n) is 8.61. The van der Waals surface area contributed by atoms with E-state index < -0.39 is 24.3 Å². The van der Waals surface area contributed by atoms with E-state index >= 15 is 0 Å². The third kappa shape index (κ3) is 7.13. The highest BCUT2D eigenvalue weighted by Crippen LogP contribution is 2.39. The van der Waals surface area contributed by atoms with Gasteiger partial charge in [-0.15, -0.1) is 5.10 Å². The number of amides is 1. The van der Waals surface area contributed by atoms with E-state index in [-0.39, 0.29) is 18.8 Å². The summed E-state index contributed by atoms with van der Waals surface area (Å²) >= 11 is 1.50. The van der Waals surface area contributed by atoms with Gasteiger partial charge in [0, 0.05) is 37.4 Å². The van der Waals surface area contributed by atoms with Crippen molar-refractivity contribution in [3.8, 4) is 0 Å². The zero-order chi connectivity index (χ0) is 26.4. The average molecular weight is 528 g/mol. The van der Waals surface area contributed by atoms with Gasteiger partial charge >= 0.3 is 5.97 Å². The minimum Gasteiger partial charge on any atom is -0.453 e. The Hall–Kier alpha value is -3.32. The van der Waals surface area contributed by atoms with Crippen LogP contribution in [0.5, 0.6) is 0 Å². The van der Waals surface area contributed by atoms with Gasteiger partial charge in [-0.05, 0) is 40.6 Å². The molecule has 1 saturated heterocycles. The summed E-state index contributed by atoms with van der Waals surface area (Å²) in [5.41, 5.74) is 3.05. The zero-order valence-corrected chi connectivity index (χ0v) is 21.6. The number of carbonyl (C=O) groups excluding carboxylic acids is 2. The van der Waals surface area contributed by atoms with Crippen LogP contribution in [0, 0.1) is 0 Å². The third-order valence-electron chi connectivity index (χ3n) is 5.73. The van der Waals surface area contributed by atoms with Crippen LogP contribution in [0.15, 0.2) is 53.7 Å². The van der Waals surface area contributed by atoms with Crippen LogP contribution in [0.2, 0.25) is 0 Å². The Balaban J connectivity index is 1.52. The molecule has 1 unspecified atom stereocenters. The molecule has 1 aromatic heterocycles. The molecule has 0 bridgehead atoms. The first-order valence-corrected chi connectivity index (χ1v) is 12.7. The molecule has 11 nitrogen and oxygen atoms in total. The Morgan fingerprint density at radius 1 is 1.22 bits per heavy atom. The van der Waals surface area contributed by atoms with E-state index in [1.807, 2.05) is 30.3 Å². The number of aliphatic hydroxyl groups is 1. The minimum atomic E-state index is -0.925. The predicted octanol–water partition coefficient (Wildman–Crippen LogP) is 2.93. The third-order valence-corrected chi connectivity index (χ3v) is 6.88. The predicted molar refractivity (Wildman–Crippen MR) is 134 cm³/mol. The molecule has 0 saturated carbocycles. The quantitative estimate of drug-likeness (QED) is 0.315. The molecule has 4 rings (SSSR count). The summed E-state index contributed by atoms with van der Waals surface area (Å²) in [6.07, 6.45) is -1.43. The molecule has 1 aliphatic rings. The molecule has 2 N–H and O–H groups in total. The fourth-order valence-electron chi connectivity index (χ4n) is 3.84. The minimum absolute atomic E-state index is 0.0306. The maximum Gasteiger partial charge on any atom is 0.303 e. The number of aryl methyl sites for hydroxylation is 1. The van der Waals surface area contributed by atoms with Gasteiger partial charge in [0.15, 0.2) is 12.4 Å². The number of esters is 1. The van der Waals surface area contributed by atoms with Gasteiger partial charge in [-0.2, -0.15) is 0 Å². The molecular formula is C25H29N5O6S. The van der Waals surface area contributed by atoms with E-state index in [2.05, 4.69) is 20.8 Å². The van der Waals surface area contributed by atoms with Gasteiger partial charge in [-0.25, -0.2) is 4.68 Å². The van der Waals surface area contributed by atoms with Crippen molar-refractivity contribution >= 4 is 29.3 Å². The van der Waals surface area contributed by atoms with Gasteiger partial charge in [0.2, 0.25) is 5.16 Å². The highest BCUT2D eigenvalue weighted by Gasteiger charge is 2.33. The van der Waals surface area contributed by atoms with Crippen LogP contribution in [0.1, 0.15) is 49.4 Å². The van der Waals surface area contributed by atoms with E-state index in [4.69, 9.17) is 14.2 Å². The lowest BCUT2D eigenvalue weighted by molar-refractivity contribution is -0.245. The van der Waals surface area contributed by atoms with Crippen LogP contribution in [0.4, 0.5) is 5.69 Å². The Morgan fingerprint density at radius 3 is 2.68 bits per heavy atom. The van der Waals surface area contributed by atoms with Gasteiger partial charge < -0.3 is 24.6 Å². The van der Waals surface area contributed by atoms with Crippen LogP contribution in [-0.4, -0.2) is 55.2 Å². The Morgan fingerprint density at radius 2 is 2.00 bits per heavy atom. The second-order valence-corrected chi connectivity index (χ2v) is 9.60. The standard InChI is InChI=1S/C25H29N5O6S/c1-15(34-16(2)32)23(33)26-20-6-4-5-19(11-20)24-35-21(14-37-25-27-28-29-30(25)3)12-22(36-24)18-9-7-17(13-31)8-10-18/h4-11,15,21-22,24,31H,12-14H2,1-3H3,(H,26,33)/t15-,21-,22+,24?/m0/s1. The molecule has 0 aliphatic carbocycles.